The number of hydrogen-bond acceptors (Lipinski definition) is 6. The van der Waals surface area contributed by atoms with Gasteiger partial charge in [0.05, 0.1) is 18.8 Å². The van der Waals surface area contributed by atoms with Crippen molar-refractivity contribution in [1.29, 1.82) is 0 Å². The zero-order chi connectivity index (χ0) is 22.7. The quantitative estimate of drug-likeness (QED) is 0.550. The first-order valence-corrected chi connectivity index (χ1v) is 11.3. The van der Waals surface area contributed by atoms with Gasteiger partial charge in [-0.2, -0.15) is 0 Å². The molecule has 1 aliphatic heterocycles. The van der Waals surface area contributed by atoms with Crippen LogP contribution in [0.2, 0.25) is 0 Å². The van der Waals surface area contributed by atoms with Gasteiger partial charge in [0.1, 0.15) is 5.75 Å². The number of likely N-dealkylation sites (tertiary alicyclic amines) is 1. The smallest absolute Gasteiger partial charge is 0.225 e. The van der Waals surface area contributed by atoms with Crippen molar-refractivity contribution in [3.8, 4) is 16.9 Å². The molecule has 1 saturated heterocycles. The van der Waals surface area contributed by atoms with Crippen molar-refractivity contribution in [2.75, 3.05) is 32.6 Å². The number of aromatic nitrogens is 3. The highest BCUT2D eigenvalue weighted by atomic mass is 16.5. The molecule has 1 fully saturated rings. The summed E-state index contributed by atoms with van der Waals surface area (Å²) in [5.74, 6) is 1.70. The highest BCUT2D eigenvalue weighted by Crippen LogP contribution is 2.38. The number of anilines is 1. The molecular weight excluding hydrogens is 398 g/mol. The number of ether oxygens (including phenoxy) is 1. The van der Waals surface area contributed by atoms with Gasteiger partial charge in [-0.1, -0.05) is 18.6 Å². The maximum absolute atomic E-state index is 5.70. The van der Waals surface area contributed by atoms with Crippen molar-refractivity contribution in [1.82, 2.24) is 19.9 Å². The van der Waals surface area contributed by atoms with Crippen LogP contribution in [0.3, 0.4) is 0 Å². The summed E-state index contributed by atoms with van der Waals surface area (Å²) >= 11 is 0. The van der Waals surface area contributed by atoms with E-state index in [4.69, 9.17) is 9.72 Å². The summed E-state index contributed by atoms with van der Waals surface area (Å²) in [7, 11) is 5.74. The van der Waals surface area contributed by atoms with E-state index in [1.807, 2.05) is 37.6 Å². The lowest BCUT2D eigenvalue weighted by Crippen LogP contribution is -2.34. The summed E-state index contributed by atoms with van der Waals surface area (Å²) in [6.07, 6.45) is 9.22. The predicted molar refractivity (Wildman–Crippen MR) is 129 cm³/mol. The molecule has 0 N–H and O–H groups in total. The van der Waals surface area contributed by atoms with Gasteiger partial charge in [-0.05, 0) is 62.1 Å². The number of rotatable bonds is 6. The van der Waals surface area contributed by atoms with E-state index in [1.165, 1.54) is 24.0 Å². The van der Waals surface area contributed by atoms with Crippen LogP contribution in [-0.4, -0.2) is 47.6 Å². The van der Waals surface area contributed by atoms with Crippen LogP contribution in [0.25, 0.3) is 11.1 Å². The lowest BCUT2D eigenvalue weighted by Gasteiger charge is -2.37. The summed E-state index contributed by atoms with van der Waals surface area (Å²) in [6.45, 7) is 6.08. The van der Waals surface area contributed by atoms with Gasteiger partial charge < -0.3 is 9.64 Å². The van der Waals surface area contributed by atoms with E-state index in [1.54, 1.807) is 7.11 Å². The Balaban J connectivity index is 1.77. The molecule has 0 amide bonds. The first-order valence-electron chi connectivity index (χ1n) is 11.3. The molecule has 1 aliphatic rings. The molecule has 0 bridgehead atoms. The van der Waals surface area contributed by atoms with E-state index in [-0.39, 0.29) is 6.04 Å². The lowest BCUT2D eigenvalue weighted by molar-refractivity contribution is 0.136. The van der Waals surface area contributed by atoms with Crippen LogP contribution in [0, 0.1) is 13.8 Å². The van der Waals surface area contributed by atoms with Crippen LogP contribution in [0.15, 0.2) is 42.9 Å². The Labute approximate surface area is 191 Å². The fourth-order valence-corrected chi connectivity index (χ4v) is 4.53. The van der Waals surface area contributed by atoms with Gasteiger partial charge in [-0.15, -0.1) is 0 Å². The van der Waals surface area contributed by atoms with Crippen molar-refractivity contribution < 1.29 is 4.74 Å². The minimum atomic E-state index is 0.221. The lowest BCUT2D eigenvalue weighted by atomic mass is 9.92. The van der Waals surface area contributed by atoms with Crippen LogP contribution in [0.4, 0.5) is 5.95 Å². The average Bonchev–Trinajstić information content (AvgIpc) is 2.80. The molecule has 1 aromatic carbocycles. The SMILES string of the molecule is COc1cc(C)ccc1CN1CCCCC1c1nc(N(C)C)ncc1-c1ccncc1C. The van der Waals surface area contributed by atoms with Crippen LogP contribution < -0.4 is 9.64 Å². The van der Waals surface area contributed by atoms with E-state index < -0.39 is 0 Å². The normalized spacial score (nSPS) is 16.7. The van der Waals surface area contributed by atoms with Gasteiger partial charge >= 0.3 is 0 Å². The molecule has 3 aromatic rings. The molecule has 168 valence electrons. The van der Waals surface area contributed by atoms with Crippen molar-refractivity contribution >= 4 is 5.95 Å². The van der Waals surface area contributed by atoms with E-state index in [0.29, 0.717) is 0 Å². The van der Waals surface area contributed by atoms with Crippen molar-refractivity contribution in [3.05, 3.63) is 65.2 Å². The molecule has 1 atom stereocenters. The van der Waals surface area contributed by atoms with E-state index in [0.717, 1.165) is 53.6 Å². The molecule has 0 saturated carbocycles. The minimum absolute atomic E-state index is 0.221. The summed E-state index contributed by atoms with van der Waals surface area (Å²) in [6, 6.07) is 8.77. The van der Waals surface area contributed by atoms with Gasteiger partial charge in [0.25, 0.3) is 0 Å². The van der Waals surface area contributed by atoms with Gasteiger partial charge in [0.15, 0.2) is 0 Å². The average molecular weight is 432 g/mol. The first-order chi connectivity index (χ1) is 15.5. The Morgan fingerprint density at radius 2 is 1.94 bits per heavy atom. The molecule has 6 heteroatoms. The molecule has 0 aliphatic carbocycles. The molecule has 0 spiro atoms. The van der Waals surface area contributed by atoms with Gasteiger partial charge in [0, 0.05) is 50.4 Å². The van der Waals surface area contributed by atoms with Crippen LogP contribution >= 0.6 is 0 Å². The van der Waals surface area contributed by atoms with Gasteiger partial charge in [0.2, 0.25) is 5.95 Å². The molecule has 2 aromatic heterocycles. The summed E-state index contributed by atoms with van der Waals surface area (Å²) in [5, 5.41) is 0. The third-order valence-electron chi connectivity index (χ3n) is 6.26. The van der Waals surface area contributed by atoms with Gasteiger partial charge in [-0.3, -0.25) is 9.88 Å². The molecule has 32 heavy (non-hydrogen) atoms. The largest absolute Gasteiger partial charge is 0.496 e. The predicted octanol–water partition coefficient (Wildman–Crippen LogP) is 4.96. The number of benzene rings is 1. The monoisotopic (exact) mass is 431 g/mol. The number of pyridine rings is 1. The Bertz CT molecular complexity index is 1080. The molecule has 3 heterocycles. The highest BCUT2D eigenvalue weighted by Gasteiger charge is 2.29. The number of nitrogens with zero attached hydrogens (tertiary/aromatic N) is 5. The minimum Gasteiger partial charge on any atom is -0.496 e. The second-order valence-corrected chi connectivity index (χ2v) is 8.85. The third kappa shape index (κ3) is 4.60. The zero-order valence-electron chi connectivity index (χ0n) is 19.8. The fourth-order valence-electron chi connectivity index (χ4n) is 4.53. The van der Waals surface area contributed by atoms with Crippen LogP contribution in [-0.2, 0) is 6.54 Å². The molecule has 4 rings (SSSR count). The highest BCUT2D eigenvalue weighted by molar-refractivity contribution is 5.69. The van der Waals surface area contributed by atoms with E-state index in [9.17, 15) is 0 Å². The number of piperidine rings is 1. The van der Waals surface area contributed by atoms with E-state index >= 15 is 0 Å². The number of methoxy groups -OCH3 is 1. The summed E-state index contributed by atoms with van der Waals surface area (Å²) in [5.41, 5.74) is 6.92. The Hall–Kier alpha value is -2.99. The fraction of sp³-hybridized carbons (Fsp3) is 0.423. The van der Waals surface area contributed by atoms with Crippen molar-refractivity contribution in [2.24, 2.45) is 0 Å². The standard InChI is InChI=1S/C26H33N5O/c1-18-9-10-20(24(14-18)32-5)17-31-13-7-6-8-23(31)25-22(16-28-26(29-25)30(3)4)21-11-12-27-15-19(21)2/h9-12,14-16,23H,6-8,13,17H2,1-5H3. The second-order valence-electron chi connectivity index (χ2n) is 8.85. The maximum Gasteiger partial charge on any atom is 0.225 e. The topological polar surface area (TPSA) is 54.4 Å². The Kier molecular flexibility index (Phi) is 6.70. The van der Waals surface area contributed by atoms with Crippen molar-refractivity contribution in [3.63, 3.8) is 0 Å². The third-order valence-corrected chi connectivity index (χ3v) is 6.26. The number of aryl methyl sites for hydroxylation is 2. The Morgan fingerprint density at radius 3 is 2.69 bits per heavy atom. The molecule has 6 nitrogen and oxygen atoms in total. The zero-order valence-corrected chi connectivity index (χ0v) is 19.8. The maximum atomic E-state index is 5.70. The van der Waals surface area contributed by atoms with Crippen molar-refractivity contribution in [2.45, 2.75) is 45.7 Å². The Morgan fingerprint density at radius 1 is 1.09 bits per heavy atom. The molecule has 0 radical (unpaired) electrons. The van der Waals surface area contributed by atoms with Crippen LogP contribution in [0.1, 0.15) is 47.7 Å². The van der Waals surface area contributed by atoms with Crippen LogP contribution in [0.5, 0.6) is 5.75 Å². The van der Waals surface area contributed by atoms with Gasteiger partial charge in [-0.25, -0.2) is 9.97 Å². The summed E-state index contributed by atoms with van der Waals surface area (Å²) < 4.78 is 5.70. The van der Waals surface area contributed by atoms with E-state index in [2.05, 4.69) is 53.0 Å². The second kappa shape index (κ2) is 9.65. The summed E-state index contributed by atoms with van der Waals surface area (Å²) in [4.78, 5) is 18.5. The molecular formula is C26H33N5O. The number of hydrogen-bond donors (Lipinski definition) is 0. The first kappa shape index (κ1) is 22.2. The molecule has 1 unspecified atom stereocenters.